The summed E-state index contributed by atoms with van der Waals surface area (Å²) in [4.78, 5) is 4.36. The number of aryl methyl sites for hydroxylation is 1. The van der Waals surface area contributed by atoms with Gasteiger partial charge >= 0.3 is 0 Å². The van der Waals surface area contributed by atoms with Gasteiger partial charge in [-0.25, -0.2) is 4.52 Å². The molecule has 25 heavy (non-hydrogen) atoms. The number of anilines is 1. The second-order valence-electron chi connectivity index (χ2n) is 6.02. The average Bonchev–Trinajstić information content (AvgIpc) is 3.21. The molecular weight excluding hydrogens is 381 g/mol. The van der Waals surface area contributed by atoms with Gasteiger partial charge < -0.3 is 10.1 Å². The first-order valence-corrected chi connectivity index (χ1v) is 9.73. The third-order valence-electron chi connectivity index (χ3n) is 4.42. The summed E-state index contributed by atoms with van der Waals surface area (Å²) in [7, 11) is 0. The molecule has 4 rings (SSSR count). The van der Waals surface area contributed by atoms with Gasteiger partial charge in [-0.15, -0.1) is 5.10 Å². The van der Waals surface area contributed by atoms with Crippen LogP contribution in [0.15, 0.2) is 11.4 Å². The molecule has 9 heteroatoms. The van der Waals surface area contributed by atoms with Crippen molar-refractivity contribution in [3.05, 3.63) is 38.7 Å². The van der Waals surface area contributed by atoms with Crippen LogP contribution in [0.25, 0.3) is 5.52 Å². The van der Waals surface area contributed by atoms with E-state index in [1.807, 2.05) is 18.4 Å². The highest BCUT2D eigenvalue weighted by molar-refractivity contribution is 7.03. The molecule has 0 bridgehead atoms. The van der Waals surface area contributed by atoms with Crippen molar-refractivity contribution in [3.63, 3.8) is 0 Å². The van der Waals surface area contributed by atoms with E-state index >= 15 is 0 Å². The van der Waals surface area contributed by atoms with Crippen LogP contribution in [-0.4, -0.2) is 25.6 Å². The van der Waals surface area contributed by atoms with Crippen LogP contribution in [0.4, 0.5) is 5.82 Å². The Morgan fingerprint density at radius 3 is 3.00 bits per heavy atom. The fourth-order valence-electron chi connectivity index (χ4n) is 3.24. The Morgan fingerprint density at radius 2 is 2.28 bits per heavy atom. The molecule has 3 aromatic rings. The predicted molar refractivity (Wildman–Crippen MR) is 99.7 cm³/mol. The summed E-state index contributed by atoms with van der Waals surface area (Å²) >= 11 is 14.2. The third kappa shape index (κ3) is 3.21. The van der Waals surface area contributed by atoms with E-state index in [0.29, 0.717) is 17.5 Å². The van der Waals surface area contributed by atoms with Crippen molar-refractivity contribution in [1.82, 2.24) is 19.0 Å². The molecule has 1 aliphatic rings. The van der Waals surface area contributed by atoms with E-state index in [-0.39, 0.29) is 11.4 Å². The molecule has 0 spiro atoms. The van der Waals surface area contributed by atoms with E-state index in [1.54, 1.807) is 4.52 Å². The zero-order valence-electron chi connectivity index (χ0n) is 13.6. The number of hydrogen-bond donors (Lipinski definition) is 1. The molecule has 1 unspecified atom stereocenters. The van der Waals surface area contributed by atoms with E-state index < -0.39 is 0 Å². The molecule has 1 N–H and O–H groups in total. The van der Waals surface area contributed by atoms with Crippen molar-refractivity contribution in [2.45, 2.75) is 38.8 Å². The number of nitrogens with one attached hydrogen (secondary N) is 1. The molecule has 4 heterocycles. The molecule has 1 aliphatic heterocycles. The maximum atomic E-state index is 6.64. The van der Waals surface area contributed by atoms with Gasteiger partial charge in [0.05, 0.1) is 18.3 Å². The minimum Gasteiger partial charge on any atom is -0.373 e. The summed E-state index contributed by atoms with van der Waals surface area (Å²) in [5.41, 5.74) is 3.78. The van der Waals surface area contributed by atoms with Crippen LogP contribution in [0, 0.1) is 6.92 Å². The van der Waals surface area contributed by atoms with Crippen molar-refractivity contribution < 1.29 is 4.74 Å². The van der Waals surface area contributed by atoms with Crippen LogP contribution in [-0.2, 0) is 11.3 Å². The highest BCUT2D eigenvalue weighted by Gasteiger charge is 2.27. The number of hydrogen-bond acceptors (Lipinski definition) is 6. The van der Waals surface area contributed by atoms with E-state index in [1.165, 1.54) is 11.5 Å². The van der Waals surface area contributed by atoms with Crippen molar-refractivity contribution in [3.8, 4) is 0 Å². The second kappa shape index (κ2) is 7.07. The smallest absolute Gasteiger partial charge is 0.243 e. The molecular formula is C16H17Cl2N5OS. The first kappa shape index (κ1) is 17.0. The second-order valence-corrected chi connectivity index (χ2v) is 7.38. The van der Waals surface area contributed by atoms with E-state index in [9.17, 15) is 0 Å². The summed E-state index contributed by atoms with van der Waals surface area (Å²) in [6.07, 6.45) is 3.17. The van der Waals surface area contributed by atoms with Gasteiger partial charge in [-0.1, -0.05) is 11.6 Å². The molecule has 0 aliphatic carbocycles. The SMILES string of the molecule is Cc1c(C2CCCCO2)c(Cl)n2nc(Cl)nc(NCc3ccsn3)c12. The summed E-state index contributed by atoms with van der Waals surface area (Å²) in [5.74, 6) is 0.648. The fraction of sp³-hybridized carbons (Fsp3) is 0.438. The summed E-state index contributed by atoms with van der Waals surface area (Å²) in [6, 6.07) is 1.97. The van der Waals surface area contributed by atoms with Crippen molar-refractivity contribution in [1.29, 1.82) is 0 Å². The Hall–Kier alpha value is -1.41. The lowest BCUT2D eigenvalue weighted by atomic mass is 10.0. The molecule has 6 nitrogen and oxygen atoms in total. The summed E-state index contributed by atoms with van der Waals surface area (Å²) in [6.45, 7) is 3.35. The molecule has 0 aromatic carbocycles. The number of ether oxygens (including phenoxy) is 1. The minimum absolute atomic E-state index is 0.00637. The van der Waals surface area contributed by atoms with Crippen molar-refractivity contribution in [2.75, 3.05) is 11.9 Å². The normalized spacial score (nSPS) is 18.0. The molecule has 0 amide bonds. The van der Waals surface area contributed by atoms with Crippen LogP contribution >= 0.6 is 34.7 Å². The monoisotopic (exact) mass is 397 g/mol. The number of rotatable bonds is 4. The van der Waals surface area contributed by atoms with E-state index in [2.05, 4.69) is 19.8 Å². The van der Waals surface area contributed by atoms with Gasteiger partial charge in [-0.05, 0) is 60.9 Å². The Morgan fingerprint density at radius 1 is 1.40 bits per heavy atom. The molecule has 132 valence electrons. The standard InChI is InChI=1S/C16H17Cl2N5OS/c1-9-12(11-4-2-3-6-24-11)14(17)23-13(9)15(20-16(18)21-23)19-8-10-5-7-25-22-10/h5,7,11H,2-4,6,8H2,1H3,(H,19,20,21). The highest BCUT2D eigenvalue weighted by atomic mass is 35.5. The zero-order valence-corrected chi connectivity index (χ0v) is 16.0. The molecule has 0 saturated carbocycles. The molecule has 1 atom stereocenters. The molecule has 0 radical (unpaired) electrons. The van der Waals surface area contributed by atoms with Gasteiger partial charge in [0.25, 0.3) is 0 Å². The first-order valence-electron chi connectivity index (χ1n) is 8.14. The lowest BCUT2D eigenvalue weighted by Gasteiger charge is -2.23. The number of fused-ring (bicyclic) bond motifs is 1. The van der Waals surface area contributed by atoms with E-state index in [4.69, 9.17) is 27.9 Å². The Bertz CT molecular complexity index is 890. The van der Waals surface area contributed by atoms with Gasteiger partial charge in [0, 0.05) is 17.6 Å². The largest absolute Gasteiger partial charge is 0.373 e. The molecule has 1 saturated heterocycles. The molecule has 3 aromatic heterocycles. The quantitative estimate of drug-likeness (QED) is 0.693. The van der Waals surface area contributed by atoms with Gasteiger partial charge in [0.1, 0.15) is 10.7 Å². The molecule has 1 fully saturated rings. The first-order chi connectivity index (χ1) is 12.1. The zero-order chi connectivity index (χ0) is 17.4. The van der Waals surface area contributed by atoms with Crippen LogP contribution in [0.1, 0.15) is 42.2 Å². The predicted octanol–water partition coefficient (Wildman–Crippen LogP) is 4.65. The fourth-order valence-corrected chi connectivity index (χ4v) is 4.33. The Labute approximate surface area is 159 Å². The maximum absolute atomic E-state index is 6.64. The van der Waals surface area contributed by atoms with Crippen LogP contribution in [0.5, 0.6) is 0 Å². The average molecular weight is 398 g/mol. The highest BCUT2D eigenvalue weighted by Crippen LogP contribution is 2.39. The lowest BCUT2D eigenvalue weighted by molar-refractivity contribution is 0.0147. The number of aromatic nitrogens is 4. The van der Waals surface area contributed by atoms with Crippen LogP contribution < -0.4 is 5.32 Å². The van der Waals surface area contributed by atoms with Crippen LogP contribution in [0.2, 0.25) is 10.4 Å². The van der Waals surface area contributed by atoms with E-state index in [0.717, 1.165) is 48.2 Å². The minimum atomic E-state index is -0.00637. The summed E-state index contributed by atoms with van der Waals surface area (Å²) in [5, 5.41) is 10.2. The number of nitrogens with zero attached hydrogens (tertiary/aromatic N) is 4. The Kier molecular flexibility index (Phi) is 4.82. The Balaban J connectivity index is 1.77. The van der Waals surface area contributed by atoms with Crippen molar-refractivity contribution in [2.24, 2.45) is 0 Å². The van der Waals surface area contributed by atoms with Gasteiger partial charge in [-0.3, -0.25) is 0 Å². The van der Waals surface area contributed by atoms with Crippen molar-refractivity contribution >= 4 is 46.1 Å². The van der Waals surface area contributed by atoms with Gasteiger partial charge in [-0.2, -0.15) is 9.36 Å². The lowest BCUT2D eigenvalue weighted by Crippen LogP contribution is -2.12. The topological polar surface area (TPSA) is 64.3 Å². The van der Waals surface area contributed by atoms with Crippen LogP contribution in [0.3, 0.4) is 0 Å². The van der Waals surface area contributed by atoms with Gasteiger partial charge in [0.15, 0.2) is 5.82 Å². The summed E-state index contributed by atoms with van der Waals surface area (Å²) < 4.78 is 11.9. The van der Waals surface area contributed by atoms with Gasteiger partial charge in [0.2, 0.25) is 5.28 Å². The third-order valence-corrected chi connectivity index (χ3v) is 5.54. The maximum Gasteiger partial charge on any atom is 0.243 e. The number of halogens is 2.